The van der Waals surface area contributed by atoms with Crippen molar-refractivity contribution in [1.82, 2.24) is 10.1 Å². The smallest absolute Gasteiger partial charge is 0.315 e. The summed E-state index contributed by atoms with van der Waals surface area (Å²) in [6.07, 6.45) is 1.98. The van der Waals surface area contributed by atoms with Crippen LogP contribution in [-0.4, -0.2) is 29.5 Å². The van der Waals surface area contributed by atoms with Crippen LogP contribution in [0, 0.1) is 0 Å². The fourth-order valence-electron chi connectivity index (χ4n) is 0.745. The van der Waals surface area contributed by atoms with E-state index in [9.17, 15) is 4.79 Å². The van der Waals surface area contributed by atoms with Crippen LogP contribution in [0.5, 0.6) is 0 Å². The van der Waals surface area contributed by atoms with Crippen LogP contribution in [0.3, 0.4) is 0 Å². The number of aromatic nitrogens is 2. The minimum absolute atomic E-state index is 0.0396. The van der Waals surface area contributed by atoms with Crippen LogP contribution < -0.4 is 0 Å². The first-order chi connectivity index (χ1) is 6.26. The third kappa shape index (κ3) is 3.06. The third-order valence-corrected chi connectivity index (χ3v) is 1.85. The van der Waals surface area contributed by atoms with Crippen molar-refractivity contribution in [1.29, 1.82) is 0 Å². The highest BCUT2D eigenvalue weighted by molar-refractivity contribution is 7.97. The molecule has 6 heteroatoms. The molecular weight excluding hydrogens is 192 g/mol. The predicted octanol–water partition coefficient (Wildman–Crippen LogP) is 0.648. The molecule has 0 aliphatic heterocycles. The van der Waals surface area contributed by atoms with Gasteiger partial charge in [-0.15, -0.1) is 0 Å². The quantitative estimate of drug-likeness (QED) is 0.668. The van der Waals surface area contributed by atoms with E-state index in [1.807, 2.05) is 6.26 Å². The number of hydrogen-bond acceptors (Lipinski definition) is 6. The van der Waals surface area contributed by atoms with Gasteiger partial charge in [-0.1, -0.05) is 5.16 Å². The van der Waals surface area contributed by atoms with Crippen molar-refractivity contribution in [2.24, 2.45) is 0 Å². The molecule has 13 heavy (non-hydrogen) atoms. The lowest BCUT2D eigenvalue weighted by Crippen LogP contribution is -2.04. The molecule has 0 spiro atoms. The average molecular weight is 202 g/mol. The monoisotopic (exact) mass is 202 g/mol. The van der Waals surface area contributed by atoms with Gasteiger partial charge in [-0.2, -0.15) is 16.7 Å². The molecule has 0 N–H and O–H groups in total. The van der Waals surface area contributed by atoms with Gasteiger partial charge in [0.05, 0.1) is 12.9 Å². The molecule has 1 aromatic rings. The molecule has 1 heterocycles. The van der Waals surface area contributed by atoms with E-state index in [0.717, 1.165) is 0 Å². The van der Waals surface area contributed by atoms with Gasteiger partial charge in [0, 0.05) is 0 Å². The molecule has 0 aliphatic carbocycles. The van der Waals surface area contributed by atoms with Gasteiger partial charge in [0.1, 0.15) is 6.42 Å². The van der Waals surface area contributed by atoms with E-state index < -0.39 is 0 Å². The fraction of sp³-hybridized carbons (Fsp3) is 0.571. The molecule has 0 amide bonds. The Morgan fingerprint density at radius 3 is 3.08 bits per heavy atom. The standard InChI is InChI=1S/C7H10N2O3S/c1-11-7(10)3-6-8-5(4-13-2)9-12-6/h3-4H2,1-2H3. The van der Waals surface area contributed by atoms with Crippen molar-refractivity contribution in [3.63, 3.8) is 0 Å². The zero-order valence-corrected chi connectivity index (χ0v) is 8.26. The number of methoxy groups -OCH3 is 1. The molecule has 0 fully saturated rings. The molecular formula is C7H10N2O3S. The fourth-order valence-corrected chi connectivity index (χ4v) is 1.12. The summed E-state index contributed by atoms with van der Waals surface area (Å²) in [5.41, 5.74) is 0. The Balaban J connectivity index is 2.53. The van der Waals surface area contributed by atoms with Crippen molar-refractivity contribution in [2.75, 3.05) is 13.4 Å². The molecule has 0 radical (unpaired) electrons. The molecule has 5 nitrogen and oxygen atoms in total. The number of rotatable bonds is 4. The van der Waals surface area contributed by atoms with E-state index >= 15 is 0 Å². The molecule has 0 saturated heterocycles. The van der Waals surface area contributed by atoms with Crippen LogP contribution in [0.15, 0.2) is 4.52 Å². The summed E-state index contributed by atoms with van der Waals surface area (Å²) in [6, 6.07) is 0. The molecule has 0 bridgehead atoms. The van der Waals surface area contributed by atoms with Crippen molar-refractivity contribution >= 4 is 17.7 Å². The summed E-state index contributed by atoms with van der Waals surface area (Å²) in [5.74, 6) is 1.21. The van der Waals surface area contributed by atoms with Gasteiger partial charge in [0.2, 0.25) is 5.89 Å². The Bertz CT molecular complexity index is 287. The number of thioether (sulfide) groups is 1. The van der Waals surface area contributed by atoms with Crippen molar-refractivity contribution in [3.8, 4) is 0 Å². The summed E-state index contributed by atoms with van der Waals surface area (Å²) in [6.45, 7) is 0. The SMILES string of the molecule is COC(=O)Cc1nc(CSC)no1. The highest BCUT2D eigenvalue weighted by atomic mass is 32.2. The number of carbonyl (C=O) groups is 1. The first-order valence-electron chi connectivity index (χ1n) is 3.63. The van der Waals surface area contributed by atoms with E-state index in [1.165, 1.54) is 7.11 Å². The van der Waals surface area contributed by atoms with Gasteiger partial charge in [0.25, 0.3) is 0 Å². The second-order valence-electron chi connectivity index (χ2n) is 2.29. The molecule has 0 saturated carbocycles. The Morgan fingerprint density at radius 2 is 2.46 bits per heavy atom. The first-order valence-corrected chi connectivity index (χ1v) is 5.03. The summed E-state index contributed by atoms with van der Waals surface area (Å²) < 4.78 is 9.27. The largest absolute Gasteiger partial charge is 0.469 e. The Kier molecular flexibility index (Phi) is 3.75. The number of nitrogens with zero attached hydrogens (tertiary/aromatic N) is 2. The van der Waals surface area contributed by atoms with E-state index in [4.69, 9.17) is 4.52 Å². The molecule has 1 aromatic heterocycles. The van der Waals surface area contributed by atoms with E-state index in [0.29, 0.717) is 17.5 Å². The van der Waals surface area contributed by atoms with Crippen LogP contribution in [0.2, 0.25) is 0 Å². The number of hydrogen-bond donors (Lipinski definition) is 0. The minimum atomic E-state index is -0.376. The molecule has 0 aliphatic rings. The Morgan fingerprint density at radius 1 is 1.69 bits per heavy atom. The van der Waals surface area contributed by atoms with Gasteiger partial charge >= 0.3 is 5.97 Å². The van der Waals surface area contributed by atoms with Gasteiger partial charge in [-0.3, -0.25) is 4.79 Å². The minimum Gasteiger partial charge on any atom is -0.469 e. The molecule has 1 rings (SSSR count). The van der Waals surface area contributed by atoms with Crippen molar-refractivity contribution < 1.29 is 14.1 Å². The van der Waals surface area contributed by atoms with Crippen LogP contribution >= 0.6 is 11.8 Å². The van der Waals surface area contributed by atoms with Crippen molar-refractivity contribution in [3.05, 3.63) is 11.7 Å². The lowest BCUT2D eigenvalue weighted by atomic mass is 10.4. The van der Waals surface area contributed by atoms with Crippen LogP contribution in [0.25, 0.3) is 0 Å². The summed E-state index contributed by atoms with van der Waals surface area (Å²) in [7, 11) is 1.32. The zero-order chi connectivity index (χ0) is 9.68. The first kappa shape index (κ1) is 10.0. The predicted molar refractivity (Wildman–Crippen MR) is 47.2 cm³/mol. The topological polar surface area (TPSA) is 65.2 Å². The van der Waals surface area contributed by atoms with Crippen LogP contribution in [0.4, 0.5) is 0 Å². The normalized spacial score (nSPS) is 10.0. The lowest BCUT2D eigenvalue weighted by molar-refractivity contribution is -0.140. The van der Waals surface area contributed by atoms with Crippen LogP contribution in [-0.2, 0) is 21.7 Å². The average Bonchev–Trinajstić information content (AvgIpc) is 2.53. The molecule has 0 unspecified atom stereocenters. The summed E-state index contributed by atoms with van der Waals surface area (Å²) in [4.78, 5) is 14.8. The van der Waals surface area contributed by atoms with Crippen molar-refractivity contribution in [2.45, 2.75) is 12.2 Å². The van der Waals surface area contributed by atoms with Crippen LogP contribution in [0.1, 0.15) is 11.7 Å². The third-order valence-electron chi connectivity index (χ3n) is 1.31. The maximum Gasteiger partial charge on any atom is 0.315 e. The second kappa shape index (κ2) is 4.86. The maximum atomic E-state index is 10.8. The zero-order valence-electron chi connectivity index (χ0n) is 7.44. The molecule has 0 atom stereocenters. The van der Waals surface area contributed by atoms with E-state index in [2.05, 4.69) is 14.9 Å². The number of esters is 1. The van der Waals surface area contributed by atoms with Gasteiger partial charge < -0.3 is 9.26 Å². The Hall–Kier alpha value is -1.04. The number of ether oxygens (including phenoxy) is 1. The summed E-state index contributed by atoms with van der Waals surface area (Å²) >= 11 is 1.59. The maximum absolute atomic E-state index is 10.8. The second-order valence-corrected chi connectivity index (χ2v) is 3.16. The van der Waals surface area contributed by atoms with E-state index in [1.54, 1.807) is 11.8 Å². The number of carbonyl (C=O) groups excluding carboxylic acids is 1. The van der Waals surface area contributed by atoms with Gasteiger partial charge in [-0.05, 0) is 6.26 Å². The molecule has 72 valence electrons. The van der Waals surface area contributed by atoms with Gasteiger partial charge in [0.15, 0.2) is 5.82 Å². The lowest BCUT2D eigenvalue weighted by Gasteiger charge is -1.91. The summed E-state index contributed by atoms with van der Waals surface area (Å²) in [5, 5.41) is 3.68. The Labute approximate surface area is 79.8 Å². The van der Waals surface area contributed by atoms with E-state index in [-0.39, 0.29) is 12.4 Å². The highest BCUT2D eigenvalue weighted by Crippen LogP contribution is 2.05. The van der Waals surface area contributed by atoms with Gasteiger partial charge in [-0.25, -0.2) is 0 Å². The molecule has 0 aromatic carbocycles. The highest BCUT2D eigenvalue weighted by Gasteiger charge is 2.10.